The molecule has 52 valence electrons. The van der Waals surface area contributed by atoms with Crippen LogP contribution in [-0.2, 0) is 4.74 Å². The Kier molecular flexibility index (Phi) is 1.76. The normalized spacial score (nSPS) is 30.0. The molecule has 1 fully saturated rings. The predicted molar refractivity (Wildman–Crippen MR) is 37.2 cm³/mol. The molecule has 0 amide bonds. The number of nitrogens with zero attached hydrogens (tertiary/aromatic N) is 1. The maximum atomic E-state index is 5.32. The Morgan fingerprint density at radius 3 is 2.89 bits per heavy atom. The minimum atomic E-state index is 0.316. The lowest BCUT2D eigenvalue weighted by molar-refractivity contribution is 0.0460. The molecule has 1 aliphatic rings. The number of morpholine rings is 1. The Morgan fingerprint density at radius 1 is 1.78 bits per heavy atom. The van der Waals surface area contributed by atoms with Crippen LogP contribution in [0.25, 0.3) is 0 Å². The van der Waals surface area contributed by atoms with Crippen molar-refractivity contribution in [3.63, 3.8) is 0 Å². The van der Waals surface area contributed by atoms with E-state index in [1.807, 2.05) is 0 Å². The molecule has 0 bridgehead atoms. The van der Waals surface area contributed by atoms with Crippen molar-refractivity contribution in [1.29, 1.82) is 0 Å². The van der Waals surface area contributed by atoms with E-state index in [1.54, 1.807) is 0 Å². The van der Waals surface area contributed by atoms with Gasteiger partial charge in [-0.15, -0.1) is 0 Å². The lowest BCUT2D eigenvalue weighted by Crippen LogP contribution is -2.36. The number of rotatable bonds is 0. The van der Waals surface area contributed by atoms with Crippen molar-refractivity contribution in [2.75, 3.05) is 20.1 Å². The van der Waals surface area contributed by atoms with Crippen LogP contribution in [0, 0.1) is 0 Å². The number of hydrogen-bond donors (Lipinski definition) is 0. The molecule has 0 radical (unpaired) electrons. The molecule has 0 aliphatic carbocycles. The first-order valence-electron chi connectivity index (χ1n) is 3.21. The Morgan fingerprint density at radius 2 is 2.44 bits per heavy atom. The minimum absolute atomic E-state index is 0.316. The van der Waals surface area contributed by atoms with Crippen molar-refractivity contribution in [3.05, 3.63) is 12.3 Å². The number of likely N-dealkylation sites (N-methyl/N-ethyl adjacent to an activating group) is 1. The fourth-order valence-electron chi connectivity index (χ4n) is 1.16. The van der Waals surface area contributed by atoms with Crippen molar-refractivity contribution < 1.29 is 4.74 Å². The van der Waals surface area contributed by atoms with Crippen LogP contribution in [0.4, 0.5) is 0 Å². The summed E-state index contributed by atoms with van der Waals surface area (Å²) in [5.41, 5.74) is 0. The van der Waals surface area contributed by atoms with Crippen LogP contribution in [0.5, 0.6) is 0 Å². The summed E-state index contributed by atoms with van der Waals surface area (Å²) in [6.07, 6.45) is 0.316. The average molecular weight is 127 g/mol. The van der Waals surface area contributed by atoms with Crippen LogP contribution in [0.1, 0.15) is 6.92 Å². The van der Waals surface area contributed by atoms with Crippen molar-refractivity contribution >= 4 is 0 Å². The third-order valence-electron chi connectivity index (χ3n) is 1.38. The summed E-state index contributed by atoms with van der Waals surface area (Å²) in [7, 11) is 2.07. The fourth-order valence-corrected chi connectivity index (χ4v) is 1.16. The zero-order chi connectivity index (χ0) is 6.85. The maximum absolute atomic E-state index is 5.32. The van der Waals surface area contributed by atoms with E-state index in [0.29, 0.717) is 6.10 Å². The summed E-state index contributed by atoms with van der Waals surface area (Å²) in [4.78, 5) is 2.20. The topological polar surface area (TPSA) is 12.5 Å². The van der Waals surface area contributed by atoms with Crippen LogP contribution in [0.2, 0.25) is 0 Å². The van der Waals surface area contributed by atoms with Gasteiger partial charge in [0.2, 0.25) is 0 Å². The van der Waals surface area contributed by atoms with Crippen molar-refractivity contribution in [1.82, 2.24) is 4.90 Å². The van der Waals surface area contributed by atoms with Gasteiger partial charge >= 0.3 is 0 Å². The largest absolute Gasteiger partial charge is 0.493 e. The van der Waals surface area contributed by atoms with E-state index in [1.165, 1.54) is 0 Å². The Balaban J connectivity index is 2.43. The van der Waals surface area contributed by atoms with E-state index < -0.39 is 0 Å². The van der Waals surface area contributed by atoms with Gasteiger partial charge in [0, 0.05) is 6.54 Å². The van der Waals surface area contributed by atoms with Crippen LogP contribution in [0.15, 0.2) is 12.3 Å². The Labute approximate surface area is 56.1 Å². The highest BCUT2D eigenvalue weighted by Gasteiger charge is 2.15. The van der Waals surface area contributed by atoms with Crippen LogP contribution < -0.4 is 0 Å². The molecule has 0 aromatic heterocycles. The first kappa shape index (κ1) is 6.62. The predicted octanol–water partition coefficient (Wildman–Crippen LogP) is 0.851. The second-order valence-corrected chi connectivity index (χ2v) is 2.66. The lowest BCUT2D eigenvalue weighted by Gasteiger charge is -2.29. The molecule has 1 rings (SSSR count). The number of hydrogen-bond acceptors (Lipinski definition) is 2. The monoisotopic (exact) mass is 127 g/mol. The fraction of sp³-hybridized carbons (Fsp3) is 0.714. The van der Waals surface area contributed by atoms with Gasteiger partial charge in [-0.3, -0.25) is 4.90 Å². The third kappa shape index (κ3) is 1.72. The van der Waals surface area contributed by atoms with Crippen molar-refractivity contribution in [3.8, 4) is 0 Å². The number of ether oxygens (including phenoxy) is 1. The molecule has 1 heterocycles. The first-order chi connectivity index (χ1) is 4.18. The molecular formula is C7H13NO. The minimum Gasteiger partial charge on any atom is -0.493 e. The first-order valence-corrected chi connectivity index (χ1v) is 3.21. The standard InChI is InChI=1S/C7H13NO/c1-6-4-8(3)5-7(2)9-6/h7H,1,4-5H2,2-3H3/t7-/m0/s1. The zero-order valence-electron chi connectivity index (χ0n) is 6.05. The molecule has 1 aliphatic heterocycles. The van der Waals surface area contributed by atoms with E-state index in [0.717, 1.165) is 18.8 Å². The third-order valence-corrected chi connectivity index (χ3v) is 1.38. The molecule has 0 unspecified atom stereocenters. The van der Waals surface area contributed by atoms with Gasteiger partial charge in [0.15, 0.2) is 0 Å². The second-order valence-electron chi connectivity index (χ2n) is 2.66. The molecule has 2 nitrogen and oxygen atoms in total. The highest BCUT2D eigenvalue weighted by atomic mass is 16.5. The van der Waals surface area contributed by atoms with E-state index >= 15 is 0 Å². The van der Waals surface area contributed by atoms with Gasteiger partial charge in [-0.25, -0.2) is 0 Å². The highest BCUT2D eigenvalue weighted by molar-refractivity contribution is 4.91. The van der Waals surface area contributed by atoms with Crippen LogP contribution in [0.3, 0.4) is 0 Å². The summed E-state index contributed by atoms with van der Waals surface area (Å²) < 4.78 is 5.32. The summed E-state index contributed by atoms with van der Waals surface area (Å²) in [5.74, 6) is 0.885. The van der Waals surface area contributed by atoms with Gasteiger partial charge in [-0.05, 0) is 14.0 Å². The van der Waals surface area contributed by atoms with Crippen LogP contribution >= 0.6 is 0 Å². The highest BCUT2D eigenvalue weighted by Crippen LogP contribution is 2.09. The van der Waals surface area contributed by atoms with E-state index in [2.05, 4.69) is 25.5 Å². The van der Waals surface area contributed by atoms with Gasteiger partial charge in [0.1, 0.15) is 11.9 Å². The SMILES string of the molecule is C=C1CN(C)C[C@H](C)O1. The zero-order valence-corrected chi connectivity index (χ0v) is 6.05. The molecular weight excluding hydrogens is 114 g/mol. The Bertz CT molecular complexity index is 110. The Hall–Kier alpha value is -0.500. The van der Waals surface area contributed by atoms with Gasteiger partial charge < -0.3 is 4.74 Å². The maximum Gasteiger partial charge on any atom is 0.108 e. The quantitative estimate of drug-likeness (QED) is 0.478. The lowest BCUT2D eigenvalue weighted by atomic mass is 10.3. The average Bonchev–Trinajstić information content (AvgIpc) is 1.59. The van der Waals surface area contributed by atoms with Gasteiger partial charge in [-0.1, -0.05) is 6.58 Å². The summed E-state index contributed by atoms with van der Waals surface area (Å²) in [6.45, 7) is 7.70. The van der Waals surface area contributed by atoms with E-state index in [-0.39, 0.29) is 0 Å². The molecule has 0 saturated carbocycles. The molecule has 0 N–H and O–H groups in total. The van der Waals surface area contributed by atoms with E-state index in [4.69, 9.17) is 4.74 Å². The molecule has 1 saturated heterocycles. The molecule has 1 atom stereocenters. The summed E-state index contributed by atoms with van der Waals surface area (Å²) in [5, 5.41) is 0. The van der Waals surface area contributed by atoms with Crippen molar-refractivity contribution in [2.45, 2.75) is 13.0 Å². The smallest absolute Gasteiger partial charge is 0.108 e. The summed E-state index contributed by atoms with van der Waals surface area (Å²) in [6, 6.07) is 0. The second kappa shape index (κ2) is 2.40. The van der Waals surface area contributed by atoms with Gasteiger partial charge in [-0.2, -0.15) is 0 Å². The van der Waals surface area contributed by atoms with Gasteiger partial charge in [0.25, 0.3) is 0 Å². The van der Waals surface area contributed by atoms with Gasteiger partial charge in [0.05, 0.1) is 6.54 Å². The van der Waals surface area contributed by atoms with Crippen LogP contribution in [-0.4, -0.2) is 31.1 Å². The molecule has 0 spiro atoms. The van der Waals surface area contributed by atoms with E-state index in [9.17, 15) is 0 Å². The molecule has 0 aromatic rings. The molecule has 9 heavy (non-hydrogen) atoms. The summed E-state index contributed by atoms with van der Waals surface area (Å²) >= 11 is 0. The molecule has 2 heteroatoms. The van der Waals surface area contributed by atoms with Crippen molar-refractivity contribution in [2.24, 2.45) is 0 Å². The molecule has 0 aromatic carbocycles.